The second-order valence-corrected chi connectivity index (χ2v) is 7.46. The third-order valence-electron chi connectivity index (χ3n) is 5.83. The van der Waals surface area contributed by atoms with Gasteiger partial charge in [0.2, 0.25) is 0 Å². The van der Waals surface area contributed by atoms with Crippen LogP contribution < -0.4 is 0 Å². The second kappa shape index (κ2) is 8.45. The Morgan fingerprint density at radius 2 is 1.50 bits per heavy atom. The fraction of sp³-hybridized carbons (Fsp3) is 0.435. The quantitative estimate of drug-likeness (QED) is 0.590. The Morgan fingerprint density at radius 3 is 2.04 bits per heavy atom. The van der Waals surface area contributed by atoms with Crippen LogP contribution in [-0.4, -0.2) is 0 Å². The van der Waals surface area contributed by atoms with Crippen LogP contribution in [-0.2, 0) is 6.42 Å². The molecule has 0 bridgehead atoms. The molecule has 0 radical (unpaired) electrons. The van der Waals surface area contributed by atoms with E-state index in [1.54, 1.807) is 6.07 Å². The number of benzene rings is 2. The number of aryl methyl sites for hydroxylation is 1. The van der Waals surface area contributed by atoms with Crippen LogP contribution in [0.4, 0.5) is 8.78 Å². The van der Waals surface area contributed by atoms with E-state index in [2.05, 4.69) is 6.92 Å². The summed E-state index contributed by atoms with van der Waals surface area (Å²) in [6, 6.07) is 11.9. The van der Waals surface area contributed by atoms with Gasteiger partial charge in [0.25, 0.3) is 0 Å². The molecule has 1 fully saturated rings. The molecule has 2 aromatic rings. The van der Waals surface area contributed by atoms with E-state index in [1.807, 2.05) is 24.3 Å². The van der Waals surface area contributed by atoms with E-state index in [4.69, 9.17) is 5.26 Å². The number of hydrogen-bond donors (Lipinski definition) is 0. The van der Waals surface area contributed by atoms with Crippen molar-refractivity contribution in [2.75, 3.05) is 0 Å². The zero-order valence-electron chi connectivity index (χ0n) is 15.3. The maximum absolute atomic E-state index is 13.8. The van der Waals surface area contributed by atoms with Crippen LogP contribution >= 0.6 is 0 Å². The summed E-state index contributed by atoms with van der Waals surface area (Å²) in [5, 5.41) is 8.76. The summed E-state index contributed by atoms with van der Waals surface area (Å²) in [4.78, 5) is 0. The van der Waals surface area contributed by atoms with Gasteiger partial charge in [-0.1, -0.05) is 63.3 Å². The monoisotopic (exact) mass is 353 g/mol. The van der Waals surface area contributed by atoms with Crippen molar-refractivity contribution in [2.45, 2.75) is 51.9 Å². The molecular weight excluding hydrogens is 328 g/mol. The third-order valence-corrected chi connectivity index (χ3v) is 5.83. The first-order chi connectivity index (χ1) is 12.6. The highest BCUT2D eigenvalue weighted by molar-refractivity contribution is 5.65. The first kappa shape index (κ1) is 18.6. The zero-order valence-corrected chi connectivity index (χ0v) is 15.3. The molecule has 3 rings (SSSR count). The molecule has 0 heterocycles. The van der Waals surface area contributed by atoms with Crippen LogP contribution in [0.5, 0.6) is 0 Å². The lowest BCUT2D eigenvalue weighted by Gasteiger charge is -2.27. The van der Waals surface area contributed by atoms with Crippen LogP contribution in [0.3, 0.4) is 0 Å². The van der Waals surface area contributed by atoms with Crippen LogP contribution in [0.25, 0.3) is 11.1 Å². The Bertz CT molecular complexity index is 758. The minimum Gasteiger partial charge on any atom is -0.205 e. The summed E-state index contributed by atoms with van der Waals surface area (Å²) in [6.45, 7) is 2.29. The van der Waals surface area contributed by atoms with Crippen molar-refractivity contribution in [1.82, 2.24) is 0 Å². The maximum atomic E-state index is 13.8. The molecule has 136 valence electrons. The fourth-order valence-corrected chi connectivity index (χ4v) is 4.01. The number of rotatable bonds is 5. The molecule has 2 aromatic carbocycles. The van der Waals surface area contributed by atoms with E-state index in [1.165, 1.54) is 56.2 Å². The SMILES string of the molecule is CC[C@H]1CC[C@H](CCc2ccc(-c3cc(F)c(C#N)c(F)c3)cc2)CC1. The molecule has 0 atom stereocenters. The van der Waals surface area contributed by atoms with Crippen molar-refractivity contribution < 1.29 is 8.78 Å². The third kappa shape index (κ3) is 4.30. The predicted molar refractivity (Wildman–Crippen MR) is 101 cm³/mol. The van der Waals surface area contributed by atoms with Gasteiger partial charge in [-0.25, -0.2) is 8.78 Å². The highest BCUT2D eigenvalue weighted by atomic mass is 19.1. The van der Waals surface area contributed by atoms with E-state index in [0.29, 0.717) is 5.56 Å². The van der Waals surface area contributed by atoms with E-state index in [9.17, 15) is 8.78 Å². The van der Waals surface area contributed by atoms with Crippen LogP contribution in [0.2, 0.25) is 0 Å². The zero-order chi connectivity index (χ0) is 18.5. The molecule has 0 amide bonds. The summed E-state index contributed by atoms with van der Waals surface area (Å²) in [5.41, 5.74) is 1.96. The predicted octanol–water partition coefficient (Wildman–Crippen LogP) is 6.65. The van der Waals surface area contributed by atoms with Crippen molar-refractivity contribution >= 4 is 0 Å². The standard InChI is InChI=1S/C23H25F2N/c1-2-16-3-5-17(6-4-16)7-8-18-9-11-19(12-10-18)20-13-22(24)21(15-26)23(25)14-20/h9-14,16-17H,2-8H2,1H3/t16-,17-. The second-order valence-electron chi connectivity index (χ2n) is 7.46. The van der Waals surface area contributed by atoms with E-state index in [0.717, 1.165) is 23.8 Å². The average Bonchev–Trinajstić information content (AvgIpc) is 2.67. The molecule has 0 unspecified atom stereocenters. The molecule has 0 spiro atoms. The smallest absolute Gasteiger partial charge is 0.144 e. The summed E-state index contributed by atoms with van der Waals surface area (Å²) in [6.07, 6.45) is 9.02. The van der Waals surface area contributed by atoms with Crippen molar-refractivity contribution in [1.29, 1.82) is 5.26 Å². The Morgan fingerprint density at radius 1 is 0.923 bits per heavy atom. The van der Waals surface area contributed by atoms with Crippen molar-refractivity contribution in [3.63, 3.8) is 0 Å². The largest absolute Gasteiger partial charge is 0.205 e. The number of nitriles is 1. The molecule has 1 nitrogen and oxygen atoms in total. The molecule has 1 aliphatic carbocycles. The molecule has 1 aliphatic rings. The topological polar surface area (TPSA) is 23.8 Å². The van der Waals surface area contributed by atoms with Gasteiger partial charge in [-0.05, 0) is 53.5 Å². The van der Waals surface area contributed by atoms with Gasteiger partial charge in [-0.2, -0.15) is 5.26 Å². The Kier molecular flexibility index (Phi) is 6.04. The van der Waals surface area contributed by atoms with Crippen molar-refractivity contribution in [3.05, 3.63) is 59.2 Å². The lowest BCUT2D eigenvalue weighted by Crippen LogP contribution is -2.14. The Balaban J connectivity index is 1.61. The Hall–Kier alpha value is -2.21. The number of nitrogens with zero attached hydrogens (tertiary/aromatic N) is 1. The summed E-state index contributed by atoms with van der Waals surface area (Å²) in [5.74, 6) is 0.140. The molecule has 26 heavy (non-hydrogen) atoms. The molecule has 0 aliphatic heterocycles. The lowest BCUT2D eigenvalue weighted by atomic mass is 9.78. The van der Waals surface area contributed by atoms with Gasteiger partial charge in [0, 0.05) is 0 Å². The summed E-state index contributed by atoms with van der Waals surface area (Å²) >= 11 is 0. The maximum Gasteiger partial charge on any atom is 0.144 e. The normalized spacial score (nSPS) is 19.9. The Labute approximate surface area is 154 Å². The highest BCUT2D eigenvalue weighted by Crippen LogP contribution is 2.33. The fourth-order valence-electron chi connectivity index (χ4n) is 4.01. The van der Waals surface area contributed by atoms with Gasteiger partial charge in [0.05, 0.1) is 0 Å². The van der Waals surface area contributed by atoms with Gasteiger partial charge in [0.1, 0.15) is 23.3 Å². The number of hydrogen-bond acceptors (Lipinski definition) is 1. The number of halogens is 2. The van der Waals surface area contributed by atoms with E-state index in [-0.39, 0.29) is 0 Å². The van der Waals surface area contributed by atoms with Gasteiger partial charge in [-0.15, -0.1) is 0 Å². The average molecular weight is 353 g/mol. The molecule has 1 saturated carbocycles. The van der Waals surface area contributed by atoms with Gasteiger partial charge in [-0.3, -0.25) is 0 Å². The van der Waals surface area contributed by atoms with Gasteiger partial charge >= 0.3 is 0 Å². The molecule has 0 saturated heterocycles. The van der Waals surface area contributed by atoms with Crippen molar-refractivity contribution in [2.24, 2.45) is 11.8 Å². The first-order valence-corrected chi connectivity index (χ1v) is 9.59. The minimum atomic E-state index is -0.811. The minimum absolute atomic E-state index is 0.462. The molecule has 0 aromatic heterocycles. The highest BCUT2D eigenvalue weighted by Gasteiger charge is 2.19. The van der Waals surface area contributed by atoms with Crippen LogP contribution in [0.15, 0.2) is 36.4 Å². The van der Waals surface area contributed by atoms with Crippen LogP contribution in [0, 0.1) is 34.8 Å². The molecular formula is C23H25F2N. The summed E-state index contributed by atoms with van der Waals surface area (Å²) < 4.78 is 27.6. The van der Waals surface area contributed by atoms with Gasteiger partial charge < -0.3 is 0 Å². The molecule has 3 heteroatoms. The van der Waals surface area contributed by atoms with E-state index < -0.39 is 17.2 Å². The van der Waals surface area contributed by atoms with E-state index >= 15 is 0 Å². The lowest BCUT2D eigenvalue weighted by molar-refractivity contribution is 0.259. The van der Waals surface area contributed by atoms with Crippen LogP contribution in [0.1, 0.15) is 56.6 Å². The molecule has 0 N–H and O–H groups in total. The van der Waals surface area contributed by atoms with Gasteiger partial charge in [0.15, 0.2) is 0 Å². The summed E-state index contributed by atoms with van der Waals surface area (Å²) in [7, 11) is 0. The first-order valence-electron chi connectivity index (χ1n) is 9.59. The van der Waals surface area contributed by atoms with Crippen molar-refractivity contribution in [3.8, 4) is 17.2 Å².